The lowest BCUT2D eigenvalue weighted by molar-refractivity contribution is 0.316. The Hall–Kier alpha value is -1.68. The van der Waals surface area contributed by atoms with E-state index in [-0.39, 0.29) is 0 Å². The number of rotatable bonds is 5. The first kappa shape index (κ1) is 14.7. The van der Waals surface area contributed by atoms with Crippen LogP contribution in [0.2, 0.25) is 0 Å². The summed E-state index contributed by atoms with van der Waals surface area (Å²) >= 11 is 3.44. The third-order valence-corrected chi connectivity index (χ3v) is 3.25. The van der Waals surface area contributed by atoms with Crippen LogP contribution in [0, 0.1) is 6.92 Å². The summed E-state index contributed by atoms with van der Waals surface area (Å²) in [6, 6.07) is 11.4. The third-order valence-electron chi connectivity index (χ3n) is 2.75. The molecule has 0 bridgehead atoms. The van der Waals surface area contributed by atoms with E-state index in [0.29, 0.717) is 18.0 Å². The smallest absolute Gasteiger partial charge is 0.133 e. The van der Waals surface area contributed by atoms with Gasteiger partial charge in [0.15, 0.2) is 0 Å². The number of anilines is 1. The van der Waals surface area contributed by atoms with Crippen molar-refractivity contribution in [2.24, 2.45) is 0 Å². The molecule has 0 aliphatic carbocycles. The molecule has 2 rings (SSSR count). The minimum Gasteiger partial charge on any atom is -0.493 e. The number of nitrogen functional groups attached to an aromatic ring is 1. The molecule has 0 saturated heterocycles. The van der Waals surface area contributed by atoms with Crippen LogP contribution in [0.25, 0.3) is 0 Å². The summed E-state index contributed by atoms with van der Waals surface area (Å²) in [7, 11) is 0. The lowest BCUT2D eigenvalue weighted by Crippen LogP contribution is -1.97. The Morgan fingerprint density at radius 2 is 1.85 bits per heavy atom. The van der Waals surface area contributed by atoms with Gasteiger partial charge in [-0.2, -0.15) is 0 Å². The van der Waals surface area contributed by atoms with Crippen molar-refractivity contribution in [2.75, 3.05) is 12.3 Å². The fourth-order valence-corrected chi connectivity index (χ4v) is 2.11. The second-order valence-corrected chi connectivity index (χ2v) is 5.51. The minimum absolute atomic E-state index is 0.626. The van der Waals surface area contributed by atoms with Gasteiger partial charge in [-0.05, 0) is 31.0 Å². The molecule has 0 atom stereocenters. The monoisotopic (exact) mass is 335 g/mol. The highest BCUT2D eigenvalue weighted by atomic mass is 79.9. The van der Waals surface area contributed by atoms with Crippen LogP contribution >= 0.6 is 15.9 Å². The van der Waals surface area contributed by atoms with Crippen LogP contribution in [0.1, 0.15) is 18.9 Å². The highest BCUT2D eigenvalue weighted by molar-refractivity contribution is 9.10. The molecule has 0 amide bonds. The number of nitrogens with two attached hydrogens (primary N) is 1. The fraction of sp³-hybridized carbons (Fsp3) is 0.250. The normalized spacial score (nSPS) is 10.3. The molecule has 2 aromatic rings. The first-order valence-corrected chi connectivity index (χ1v) is 7.35. The van der Waals surface area contributed by atoms with Gasteiger partial charge in [-0.3, -0.25) is 0 Å². The molecule has 0 aromatic heterocycles. The number of aryl methyl sites for hydroxylation is 1. The average Bonchev–Trinajstić information content (AvgIpc) is 2.40. The van der Waals surface area contributed by atoms with Gasteiger partial charge in [0.25, 0.3) is 0 Å². The molecule has 0 aliphatic heterocycles. The van der Waals surface area contributed by atoms with Crippen LogP contribution < -0.4 is 15.2 Å². The number of ether oxygens (including phenoxy) is 2. The van der Waals surface area contributed by atoms with Crippen LogP contribution in [0.15, 0.2) is 40.9 Å². The average molecular weight is 336 g/mol. The molecular formula is C16H18BrNO2. The zero-order chi connectivity index (χ0) is 14.5. The van der Waals surface area contributed by atoms with E-state index in [0.717, 1.165) is 28.0 Å². The van der Waals surface area contributed by atoms with Gasteiger partial charge < -0.3 is 15.2 Å². The number of benzene rings is 2. The summed E-state index contributed by atoms with van der Waals surface area (Å²) in [5.41, 5.74) is 7.57. The predicted molar refractivity (Wildman–Crippen MR) is 85.6 cm³/mol. The zero-order valence-corrected chi connectivity index (χ0v) is 13.2. The van der Waals surface area contributed by atoms with E-state index in [9.17, 15) is 0 Å². The lowest BCUT2D eigenvalue weighted by atomic mass is 10.2. The van der Waals surface area contributed by atoms with Crippen molar-refractivity contribution >= 4 is 21.6 Å². The maximum atomic E-state index is 5.90. The maximum Gasteiger partial charge on any atom is 0.133 e. The Kier molecular flexibility index (Phi) is 4.90. The van der Waals surface area contributed by atoms with Crippen molar-refractivity contribution in [3.8, 4) is 17.2 Å². The molecule has 0 fully saturated rings. The largest absolute Gasteiger partial charge is 0.493 e. The molecule has 0 spiro atoms. The topological polar surface area (TPSA) is 44.5 Å². The highest BCUT2D eigenvalue weighted by Crippen LogP contribution is 2.31. The molecule has 0 aliphatic rings. The quantitative estimate of drug-likeness (QED) is 0.788. The van der Waals surface area contributed by atoms with Crippen molar-refractivity contribution in [1.82, 2.24) is 0 Å². The number of hydrogen-bond donors (Lipinski definition) is 1. The SMILES string of the molecule is CCCOc1cc(N)cc(Oc2cc(Br)ccc2C)c1. The maximum absolute atomic E-state index is 5.90. The van der Waals surface area contributed by atoms with E-state index in [1.807, 2.05) is 31.2 Å². The molecule has 2 aromatic carbocycles. The van der Waals surface area contributed by atoms with Gasteiger partial charge in [0.1, 0.15) is 17.2 Å². The first-order valence-electron chi connectivity index (χ1n) is 6.56. The standard InChI is InChI=1S/C16H18BrNO2/c1-3-6-19-14-8-13(18)9-15(10-14)20-16-7-12(17)5-4-11(16)2/h4-5,7-10H,3,6,18H2,1-2H3. The van der Waals surface area contributed by atoms with Crippen LogP contribution in [-0.2, 0) is 0 Å². The Bertz CT molecular complexity index is 599. The fourth-order valence-electron chi connectivity index (χ4n) is 1.77. The molecule has 3 nitrogen and oxygen atoms in total. The van der Waals surface area contributed by atoms with Gasteiger partial charge in [-0.15, -0.1) is 0 Å². The van der Waals surface area contributed by atoms with Gasteiger partial charge in [0.05, 0.1) is 6.61 Å². The van der Waals surface area contributed by atoms with Crippen molar-refractivity contribution < 1.29 is 9.47 Å². The predicted octanol–water partition coefficient (Wildman–Crippen LogP) is 4.92. The summed E-state index contributed by atoms with van der Waals surface area (Å²) in [6.45, 7) is 4.73. The van der Waals surface area contributed by atoms with E-state index < -0.39 is 0 Å². The van der Waals surface area contributed by atoms with Crippen LogP contribution in [0.4, 0.5) is 5.69 Å². The summed E-state index contributed by atoms with van der Waals surface area (Å²) in [5, 5.41) is 0. The van der Waals surface area contributed by atoms with E-state index >= 15 is 0 Å². The Labute approximate surface area is 127 Å². The van der Waals surface area contributed by atoms with Gasteiger partial charge in [-0.25, -0.2) is 0 Å². The molecule has 0 heterocycles. The van der Waals surface area contributed by atoms with Gasteiger partial charge in [-0.1, -0.05) is 28.9 Å². The van der Waals surface area contributed by atoms with E-state index in [1.54, 1.807) is 12.1 Å². The van der Waals surface area contributed by atoms with Crippen molar-refractivity contribution in [1.29, 1.82) is 0 Å². The lowest BCUT2D eigenvalue weighted by Gasteiger charge is -2.12. The minimum atomic E-state index is 0.626. The molecule has 4 heteroatoms. The number of halogens is 1. The second kappa shape index (κ2) is 6.66. The highest BCUT2D eigenvalue weighted by Gasteiger charge is 2.05. The first-order chi connectivity index (χ1) is 9.58. The molecule has 0 saturated carbocycles. The molecule has 2 N–H and O–H groups in total. The molecule has 0 radical (unpaired) electrons. The summed E-state index contributed by atoms with van der Waals surface area (Å²) in [6.07, 6.45) is 0.954. The summed E-state index contributed by atoms with van der Waals surface area (Å²) in [4.78, 5) is 0. The van der Waals surface area contributed by atoms with Crippen molar-refractivity contribution in [2.45, 2.75) is 20.3 Å². The number of hydrogen-bond acceptors (Lipinski definition) is 3. The Balaban J connectivity index is 2.24. The zero-order valence-electron chi connectivity index (χ0n) is 11.7. The van der Waals surface area contributed by atoms with Crippen LogP contribution in [-0.4, -0.2) is 6.61 Å². The van der Waals surface area contributed by atoms with Gasteiger partial charge >= 0.3 is 0 Å². The Morgan fingerprint density at radius 3 is 2.60 bits per heavy atom. The van der Waals surface area contributed by atoms with Crippen molar-refractivity contribution in [3.05, 3.63) is 46.4 Å². The van der Waals surface area contributed by atoms with Gasteiger partial charge in [0.2, 0.25) is 0 Å². The summed E-state index contributed by atoms with van der Waals surface area (Å²) in [5.74, 6) is 2.21. The van der Waals surface area contributed by atoms with Crippen LogP contribution in [0.3, 0.4) is 0 Å². The molecule has 106 valence electrons. The molecular weight excluding hydrogens is 318 g/mol. The molecule has 20 heavy (non-hydrogen) atoms. The van der Waals surface area contributed by atoms with Crippen LogP contribution in [0.5, 0.6) is 17.2 Å². The van der Waals surface area contributed by atoms with Gasteiger partial charge in [0, 0.05) is 28.4 Å². The third kappa shape index (κ3) is 3.90. The molecule has 0 unspecified atom stereocenters. The van der Waals surface area contributed by atoms with Crippen molar-refractivity contribution in [3.63, 3.8) is 0 Å². The Morgan fingerprint density at radius 1 is 1.10 bits per heavy atom. The van der Waals surface area contributed by atoms with E-state index in [4.69, 9.17) is 15.2 Å². The summed E-state index contributed by atoms with van der Waals surface area (Å²) < 4.78 is 12.5. The second-order valence-electron chi connectivity index (χ2n) is 4.60. The van der Waals surface area contributed by atoms with E-state index in [1.165, 1.54) is 0 Å². The van der Waals surface area contributed by atoms with E-state index in [2.05, 4.69) is 22.9 Å².